The van der Waals surface area contributed by atoms with Gasteiger partial charge in [0.25, 0.3) is 0 Å². The lowest BCUT2D eigenvalue weighted by Crippen LogP contribution is -2.22. The predicted molar refractivity (Wildman–Crippen MR) is 55.5 cm³/mol. The van der Waals surface area contributed by atoms with E-state index in [1.807, 2.05) is 0 Å². The molecule has 0 radical (unpaired) electrons. The fourth-order valence-corrected chi connectivity index (χ4v) is 1.78. The van der Waals surface area contributed by atoms with Crippen LogP contribution in [0.1, 0.15) is 0 Å². The summed E-state index contributed by atoms with van der Waals surface area (Å²) in [5, 5.41) is 15.3. The van der Waals surface area contributed by atoms with Crippen molar-refractivity contribution in [2.75, 3.05) is 7.11 Å². The Morgan fingerprint density at radius 1 is 1.45 bits per heavy atom. The van der Waals surface area contributed by atoms with Crippen molar-refractivity contribution >= 4 is 15.8 Å². The maximum atomic E-state index is 12.2. The summed E-state index contributed by atoms with van der Waals surface area (Å²) >= 11 is 0. The molecular weight excluding hydrogens is 311 g/mol. The molecule has 0 fully saturated rings. The van der Waals surface area contributed by atoms with E-state index in [1.165, 1.54) is 0 Å². The molecule has 112 valence electrons. The normalized spacial score (nSPS) is 12.1. The quantitative estimate of drug-likeness (QED) is 0.632. The zero-order valence-corrected chi connectivity index (χ0v) is 10.4. The second kappa shape index (κ2) is 5.09. The minimum atomic E-state index is -5.37. The third kappa shape index (κ3) is 3.67. The molecule has 0 aliphatic heterocycles. The van der Waals surface area contributed by atoms with E-state index in [-0.39, 0.29) is 0 Å². The van der Waals surface area contributed by atoms with E-state index in [0.717, 1.165) is 7.11 Å². The number of rotatable bonds is 4. The first-order valence-corrected chi connectivity index (χ1v) is 6.02. The van der Waals surface area contributed by atoms with Crippen LogP contribution in [0.3, 0.4) is 0 Å². The van der Waals surface area contributed by atoms with Gasteiger partial charge in [-0.15, -0.1) is 13.2 Å². The Morgan fingerprint density at radius 2 is 2.00 bits per heavy atom. The van der Waals surface area contributed by atoms with Crippen LogP contribution in [0.15, 0.2) is 11.0 Å². The van der Waals surface area contributed by atoms with Crippen molar-refractivity contribution in [3.8, 4) is 11.6 Å². The SMILES string of the molecule is COc1cc(S(N)(=O)=O)c(OC(F)(F)F)c([N+](=O)[O-])n1. The van der Waals surface area contributed by atoms with E-state index in [0.29, 0.717) is 6.07 Å². The van der Waals surface area contributed by atoms with Crippen LogP contribution in [-0.2, 0) is 10.0 Å². The van der Waals surface area contributed by atoms with E-state index in [9.17, 15) is 31.7 Å². The smallest absolute Gasteiger partial charge is 0.463 e. The summed E-state index contributed by atoms with van der Waals surface area (Å²) < 4.78 is 66.8. The van der Waals surface area contributed by atoms with Gasteiger partial charge in [0.15, 0.2) is 0 Å². The lowest BCUT2D eigenvalue weighted by atomic mass is 10.4. The number of hydrogen-bond acceptors (Lipinski definition) is 7. The van der Waals surface area contributed by atoms with E-state index >= 15 is 0 Å². The summed E-state index contributed by atoms with van der Waals surface area (Å²) in [6.07, 6.45) is -5.37. The third-order valence-electron chi connectivity index (χ3n) is 1.80. The van der Waals surface area contributed by atoms with Gasteiger partial charge < -0.3 is 19.6 Å². The number of halogens is 3. The molecule has 0 amide bonds. The number of pyridine rings is 1. The van der Waals surface area contributed by atoms with Crippen LogP contribution >= 0.6 is 0 Å². The van der Waals surface area contributed by atoms with Gasteiger partial charge in [0.2, 0.25) is 15.8 Å². The molecule has 0 unspecified atom stereocenters. The topological polar surface area (TPSA) is 135 Å². The number of ether oxygens (including phenoxy) is 2. The van der Waals surface area contributed by atoms with Crippen LogP contribution in [0.2, 0.25) is 0 Å². The van der Waals surface area contributed by atoms with Crippen LogP contribution in [0.25, 0.3) is 0 Å². The van der Waals surface area contributed by atoms with E-state index < -0.39 is 43.7 Å². The molecule has 1 rings (SSSR count). The molecule has 2 N–H and O–H groups in total. The zero-order valence-electron chi connectivity index (χ0n) is 9.54. The molecule has 0 aliphatic carbocycles. The Balaban J connectivity index is 3.70. The molecular formula is C7H6F3N3O6S. The number of sulfonamides is 1. The van der Waals surface area contributed by atoms with Crippen molar-refractivity contribution in [3.63, 3.8) is 0 Å². The monoisotopic (exact) mass is 317 g/mol. The summed E-state index contributed by atoms with van der Waals surface area (Å²) in [5.74, 6) is -3.74. The lowest BCUT2D eigenvalue weighted by molar-refractivity contribution is -0.393. The predicted octanol–water partition coefficient (Wildman–Crippen LogP) is 0.544. The maximum Gasteiger partial charge on any atom is 0.573 e. The molecule has 0 spiro atoms. The second-order valence-electron chi connectivity index (χ2n) is 3.17. The first-order chi connectivity index (χ1) is 8.95. The summed E-state index contributed by atoms with van der Waals surface area (Å²) in [5.41, 5.74) is 0. The highest BCUT2D eigenvalue weighted by molar-refractivity contribution is 7.89. The van der Waals surface area contributed by atoms with Crippen molar-refractivity contribution in [2.45, 2.75) is 11.3 Å². The van der Waals surface area contributed by atoms with E-state index in [1.54, 1.807) is 0 Å². The number of primary sulfonamides is 1. The van der Waals surface area contributed by atoms with Gasteiger partial charge in [-0.05, 0) is 4.92 Å². The summed E-state index contributed by atoms with van der Waals surface area (Å²) in [6.45, 7) is 0. The van der Waals surface area contributed by atoms with Gasteiger partial charge >= 0.3 is 18.1 Å². The molecule has 1 aromatic rings. The van der Waals surface area contributed by atoms with Gasteiger partial charge in [0.1, 0.15) is 4.90 Å². The highest BCUT2D eigenvalue weighted by Crippen LogP contribution is 2.38. The Kier molecular flexibility index (Phi) is 4.04. The Morgan fingerprint density at radius 3 is 2.35 bits per heavy atom. The zero-order chi connectivity index (χ0) is 15.7. The van der Waals surface area contributed by atoms with E-state index in [2.05, 4.69) is 19.6 Å². The number of aromatic nitrogens is 1. The standard InChI is InChI=1S/C7H6F3N3O6S/c1-18-4-2-3(20(11,16)17)5(19-7(8,9)10)6(12-4)13(14)15/h2H,1H3,(H2,11,16,17). The molecule has 1 aromatic heterocycles. The van der Waals surface area contributed by atoms with Crippen LogP contribution < -0.4 is 14.6 Å². The molecule has 0 aromatic carbocycles. The molecule has 0 saturated carbocycles. The number of methoxy groups -OCH3 is 1. The first kappa shape index (κ1) is 15.9. The summed E-state index contributed by atoms with van der Waals surface area (Å²) in [6, 6.07) is 0.476. The van der Waals surface area contributed by atoms with Gasteiger partial charge in [0, 0.05) is 4.98 Å². The molecule has 0 saturated heterocycles. The van der Waals surface area contributed by atoms with Gasteiger partial charge in [0.05, 0.1) is 13.2 Å². The van der Waals surface area contributed by atoms with Crippen LogP contribution in [-0.4, -0.2) is 31.8 Å². The van der Waals surface area contributed by atoms with Gasteiger partial charge in [-0.2, -0.15) is 0 Å². The minimum Gasteiger partial charge on any atom is -0.463 e. The Bertz CT molecular complexity index is 644. The molecule has 0 bridgehead atoms. The third-order valence-corrected chi connectivity index (χ3v) is 2.72. The Hall–Kier alpha value is -2.15. The molecule has 0 atom stereocenters. The van der Waals surface area contributed by atoms with Crippen molar-refractivity contribution in [1.29, 1.82) is 0 Å². The van der Waals surface area contributed by atoms with E-state index in [4.69, 9.17) is 0 Å². The molecule has 1 heterocycles. The largest absolute Gasteiger partial charge is 0.573 e. The summed E-state index contributed by atoms with van der Waals surface area (Å²) in [7, 11) is -3.77. The number of nitrogens with two attached hydrogens (primary N) is 1. The fourth-order valence-electron chi connectivity index (χ4n) is 1.13. The first-order valence-electron chi connectivity index (χ1n) is 4.47. The Labute approximate surface area is 109 Å². The van der Waals surface area contributed by atoms with Gasteiger partial charge in [-0.25, -0.2) is 13.6 Å². The fraction of sp³-hybridized carbons (Fsp3) is 0.286. The average Bonchev–Trinajstić information content (AvgIpc) is 2.25. The molecule has 20 heavy (non-hydrogen) atoms. The average molecular weight is 317 g/mol. The van der Waals surface area contributed by atoms with Crippen molar-refractivity contribution in [1.82, 2.24) is 4.98 Å². The maximum absolute atomic E-state index is 12.2. The van der Waals surface area contributed by atoms with Gasteiger partial charge in [-0.1, -0.05) is 0 Å². The highest BCUT2D eigenvalue weighted by Gasteiger charge is 2.39. The number of nitrogens with zero attached hydrogens (tertiary/aromatic N) is 2. The molecule has 9 nitrogen and oxygen atoms in total. The van der Waals surface area contributed by atoms with Crippen molar-refractivity contribution < 1.29 is 36.0 Å². The number of hydrogen-bond donors (Lipinski definition) is 1. The number of alkyl halides is 3. The van der Waals surface area contributed by atoms with Gasteiger partial charge in [-0.3, -0.25) is 0 Å². The van der Waals surface area contributed by atoms with Crippen LogP contribution in [0.4, 0.5) is 19.0 Å². The second-order valence-corrected chi connectivity index (χ2v) is 4.70. The summed E-state index contributed by atoms with van der Waals surface area (Å²) in [4.78, 5) is 11.1. The van der Waals surface area contributed by atoms with Crippen molar-refractivity contribution in [2.24, 2.45) is 5.14 Å². The lowest BCUT2D eigenvalue weighted by Gasteiger charge is -2.12. The van der Waals surface area contributed by atoms with Crippen LogP contribution in [0.5, 0.6) is 11.6 Å². The highest BCUT2D eigenvalue weighted by atomic mass is 32.2. The number of nitro groups is 1. The molecule has 13 heteroatoms. The minimum absolute atomic E-state index is 0.476. The molecule has 0 aliphatic rings. The van der Waals surface area contributed by atoms with Crippen LogP contribution in [0, 0.1) is 10.1 Å². The van der Waals surface area contributed by atoms with Crippen molar-refractivity contribution in [3.05, 3.63) is 16.2 Å².